The normalized spacial score (nSPS) is 27.6. The minimum Gasteiger partial charge on any atom is -0.497 e. The van der Waals surface area contributed by atoms with E-state index >= 15 is 0 Å². The maximum absolute atomic E-state index is 13.5. The minimum atomic E-state index is -0.918. The largest absolute Gasteiger partial charge is 0.497 e. The summed E-state index contributed by atoms with van der Waals surface area (Å²) in [7, 11) is 1.61. The molecule has 29 heavy (non-hydrogen) atoms. The molecule has 6 heteroatoms. The fourth-order valence-electron chi connectivity index (χ4n) is 5.44. The summed E-state index contributed by atoms with van der Waals surface area (Å²) in [5, 5.41) is 6.10. The summed E-state index contributed by atoms with van der Waals surface area (Å²) in [4.78, 5) is 29.1. The monoisotopic (exact) mass is 391 g/mol. The van der Waals surface area contributed by atoms with Crippen LogP contribution in [0.5, 0.6) is 5.75 Å². The van der Waals surface area contributed by atoms with Crippen LogP contribution >= 0.6 is 0 Å². The number of nitrogens with one attached hydrogen (secondary N) is 2. The first-order chi connectivity index (χ1) is 14.0. The predicted molar refractivity (Wildman–Crippen MR) is 111 cm³/mol. The van der Waals surface area contributed by atoms with Crippen molar-refractivity contribution in [2.45, 2.75) is 37.8 Å². The number of benzene rings is 2. The van der Waals surface area contributed by atoms with E-state index in [1.54, 1.807) is 7.11 Å². The van der Waals surface area contributed by atoms with Crippen LogP contribution in [0, 0.1) is 12.8 Å². The van der Waals surface area contributed by atoms with Crippen molar-refractivity contribution < 1.29 is 14.3 Å². The molecule has 2 fully saturated rings. The van der Waals surface area contributed by atoms with E-state index in [-0.39, 0.29) is 17.9 Å². The molecule has 3 aliphatic rings. The number of nitrogens with zero attached hydrogens (tertiary/aromatic N) is 1. The Bertz CT molecular complexity index is 987. The van der Waals surface area contributed by atoms with Crippen molar-refractivity contribution in [3.63, 3.8) is 0 Å². The molecular formula is C23H25N3O3. The Morgan fingerprint density at radius 3 is 2.79 bits per heavy atom. The number of hydrogen-bond donors (Lipinski definition) is 2. The van der Waals surface area contributed by atoms with Gasteiger partial charge in [-0.3, -0.25) is 14.5 Å². The van der Waals surface area contributed by atoms with Crippen LogP contribution in [-0.4, -0.2) is 36.4 Å². The Labute approximate surface area is 170 Å². The minimum absolute atomic E-state index is 0.0719. The first-order valence-corrected chi connectivity index (χ1v) is 10.2. The average molecular weight is 391 g/mol. The summed E-state index contributed by atoms with van der Waals surface area (Å²) in [6.07, 6.45) is 2.79. The van der Waals surface area contributed by atoms with Gasteiger partial charge in [0.25, 0.3) is 0 Å². The van der Waals surface area contributed by atoms with Crippen LogP contribution in [0.4, 0.5) is 11.4 Å². The highest BCUT2D eigenvalue weighted by Crippen LogP contribution is 2.55. The van der Waals surface area contributed by atoms with Gasteiger partial charge in [0.15, 0.2) is 0 Å². The number of anilines is 2. The van der Waals surface area contributed by atoms with Gasteiger partial charge in [-0.15, -0.1) is 0 Å². The lowest BCUT2D eigenvalue weighted by Crippen LogP contribution is -2.53. The van der Waals surface area contributed by atoms with Gasteiger partial charge in [-0.05, 0) is 63.1 Å². The molecule has 6 nitrogen and oxygen atoms in total. The third kappa shape index (κ3) is 2.59. The van der Waals surface area contributed by atoms with Crippen molar-refractivity contribution in [2.75, 3.05) is 24.3 Å². The second-order valence-corrected chi connectivity index (χ2v) is 8.27. The first kappa shape index (κ1) is 18.2. The number of fused-ring (bicyclic) bond motifs is 4. The van der Waals surface area contributed by atoms with Crippen LogP contribution in [0.2, 0.25) is 0 Å². The molecule has 3 heterocycles. The van der Waals surface area contributed by atoms with Crippen molar-refractivity contribution in [3.8, 4) is 5.75 Å². The van der Waals surface area contributed by atoms with E-state index < -0.39 is 11.5 Å². The second-order valence-electron chi connectivity index (χ2n) is 8.27. The zero-order chi connectivity index (χ0) is 20.2. The van der Waals surface area contributed by atoms with Crippen LogP contribution in [0.25, 0.3) is 0 Å². The van der Waals surface area contributed by atoms with Crippen LogP contribution in [0.1, 0.15) is 30.4 Å². The standard InChI is InChI=1S/C23H25N3O3/c1-14-5-10-20-18(12-14)23(22(28)25-20)19(13-16-4-3-11-26(16)23)21(27)24-15-6-8-17(29-2)9-7-15/h5-10,12,16,19H,3-4,11,13H2,1-2H3,(H,24,27)(H,25,28)/t16-,19-,23-/m1/s1. The molecule has 3 aliphatic heterocycles. The molecule has 2 saturated heterocycles. The highest BCUT2D eigenvalue weighted by molar-refractivity contribution is 6.10. The molecule has 1 spiro atoms. The molecule has 0 saturated carbocycles. The molecular weight excluding hydrogens is 366 g/mol. The fourth-order valence-corrected chi connectivity index (χ4v) is 5.44. The third-order valence-electron chi connectivity index (χ3n) is 6.70. The number of methoxy groups -OCH3 is 1. The molecule has 0 unspecified atom stereocenters. The summed E-state index contributed by atoms with van der Waals surface area (Å²) in [5.74, 6) is 0.130. The number of carbonyl (C=O) groups excluding carboxylic acids is 2. The topological polar surface area (TPSA) is 70.7 Å². The van der Waals surface area contributed by atoms with E-state index in [2.05, 4.69) is 21.6 Å². The fraction of sp³-hybridized carbons (Fsp3) is 0.391. The van der Waals surface area contributed by atoms with Gasteiger partial charge in [0.05, 0.1) is 13.0 Å². The van der Waals surface area contributed by atoms with Gasteiger partial charge in [0, 0.05) is 23.0 Å². The third-order valence-corrected chi connectivity index (χ3v) is 6.70. The molecule has 2 aromatic rings. The van der Waals surface area contributed by atoms with Gasteiger partial charge < -0.3 is 15.4 Å². The Hall–Kier alpha value is -2.86. The summed E-state index contributed by atoms with van der Waals surface area (Å²) in [6.45, 7) is 2.87. The molecule has 0 bridgehead atoms. The van der Waals surface area contributed by atoms with Crippen molar-refractivity contribution in [1.82, 2.24) is 4.90 Å². The molecule has 0 radical (unpaired) electrons. The summed E-state index contributed by atoms with van der Waals surface area (Å²) in [5.41, 5.74) is 2.66. The molecule has 150 valence electrons. The molecule has 5 rings (SSSR count). The molecule has 0 aromatic heterocycles. The maximum Gasteiger partial charge on any atom is 0.250 e. The lowest BCUT2D eigenvalue weighted by Gasteiger charge is -2.36. The smallest absolute Gasteiger partial charge is 0.250 e. The second kappa shape index (κ2) is 6.59. The number of rotatable bonds is 3. The molecule has 0 aliphatic carbocycles. The highest BCUT2D eigenvalue weighted by Gasteiger charge is 2.65. The zero-order valence-electron chi connectivity index (χ0n) is 16.7. The lowest BCUT2D eigenvalue weighted by atomic mass is 9.78. The molecule has 3 atom stereocenters. The average Bonchev–Trinajstić information content (AvgIpc) is 3.37. The summed E-state index contributed by atoms with van der Waals surface area (Å²) >= 11 is 0. The van der Waals surface area contributed by atoms with Gasteiger partial charge >= 0.3 is 0 Å². The molecule has 2 N–H and O–H groups in total. The Morgan fingerprint density at radius 1 is 1.24 bits per heavy atom. The SMILES string of the molecule is COc1ccc(NC(=O)[C@H]2C[C@H]3CCCN3[C@@]23C(=O)Nc2ccc(C)cc23)cc1. The van der Waals surface area contributed by atoms with Crippen molar-refractivity contribution in [2.24, 2.45) is 5.92 Å². The van der Waals surface area contributed by atoms with Gasteiger partial charge in [-0.2, -0.15) is 0 Å². The Balaban J connectivity index is 1.55. The van der Waals surface area contributed by atoms with Crippen LogP contribution in [0.3, 0.4) is 0 Å². The first-order valence-electron chi connectivity index (χ1n) is 10.2. The van der Waals surface area contributed by atoms with Gasteiger partial charge in [-0.1, -0.05) is 17.7 Å². The van der Waals surface area contributed by atoms with Crippen molar-refractivity contribution in [1.29, 1.82) is 0 Å². The number of hydrogen-bond acceptors (Lipinski definition) is 4. The van der Waals surface area contributed by atoms with E-state index in [0.29, 0.717) is 12.1 Å². The maximum atomic E-state index is 13.5. The van der Waals surface area contributed by atoms with Crippen molar-refractivity contribution >= 4 is 23.2 Å². The van der Waals surface area contributed by atoms with Gasteiger partial charge in [0.1, 0.15) is 11.3 Å². The summed E-state index contributed by atoms with van der Waals surface area (Å²) in [6, 6.07) is 13.6. The number of carbonyl (C=O) groups is 2. The predicted octanol–water partition coefficient (Wildman–Crippen LogP) is 3.27. The van der Waals surface area contributed by atoms with E-state index in [4.69, 9.17) is 4.74 Å². The molecule has 2 amide bonds. The zero-order valence-corrected chi connectivity index (χ0v) is 16.7. The Morgan fingerprint density at radius 2 is 2.03 bits per heavy atom. The highest BCUT2D eigenvalue weighted by atomic mass is 16.5. The van der Waals surface area contributed by atoms with Crippen LogP contribution < -0.4 is 15.4 Å². The quantitative estimate of drug-likeness (QED) is 0.843. The Kier molecular flexibility index (Phi) is 4.13. The van der Waals surface area contributed by atoms with Crippen LogP contribution in [-0.2, 0) is 15.1 Å². The van der Waals surface area contributed by atoms with E-state index in [1.165, 1.54) is 0 Å². The van der Waals surface area contributed by atoms with Gasteiger partial charge in [0.2, 0.25) is 11.8 Å². The van der Waals surface area contributed by atoms with E-state index in [0.717, 1.165) is 42.0 Å². The van der Waals surface area contributed by atoms with Crippen LogP contribution in [0.15, 0.2) is 42.5 Å². The number of ether oxygens (including phenoxy) is 1. The lowest BCUT2D eigenvalue weighted by molar-refractivity contribution is -0.135. The number of amides is 2. The summed E-state index contributed by atoms with van der Waals surface area (Å²) < 4.78 is 5.19. The molecule has 2 aromatic carbocycles. The number of aryl methyl sites for hydroxylation is 1. The van der Waals surface area contributed by atoms with E-state index in [9.17, 15) is 9.59 Å². The van der Waals surface area contributed by atoms with Crippen molar-refractivity contribution in [3.05, 3.63) is 53.6 Å². The van der Waals surface area contributed by atoms with E-state index in [1.807, 2.05) is 43.3 Å². The van der Waals surface area contributed by atoms with Gasteiger partial charge in [-0.25, -0.2) is 0 Å².